The van der Waals surface area contributed by atoms with E-state index in [-0.39, 0.29) is 36.0 Å². The number of rotatable bonds is 5. The molecule has 0 aliphatic rings. The van der Waals surface area contributed by atoms with Crippen molar-refractivity contribution in [2.75, 3.05) is 0 Å². The van der Waals surface area contributed by atoms with E-state index in [1.54, 1.807) is 0 Å². The van der Waals surface area contributed by atoms with Gasteiger partial charge >= 0.3 is 43.3 Å². The maximum Gasteiger partial charge on any atom is 1.00 e. The third-order valence-corrected chi connectivity index (χ3v) is 1.62. The summed E-state index contributed by atoms with van der Waals surface area (Å²) in [6.07, 6.45) is -0.804. The Kier molecular flexibility index (Phi) is 8.54. The van der Waals surface area contributed by atoms with Gasteiger partial charge in [-0.3, -0.25) is 14.6 Å². The Bertz CT molecular complexity index is 277. The number of nitrogens with two attached hydrogens (primary N) is 1. The molecule has 0 aromatic heterocycles. The second kappa shape index (κ2) is 7.34. The van der Waals surface area contributed by atoms with E-state index < -0.39 is 32.2 Å². The average molecular weight is 249 g/mol. The molecule has 82 valence electrons. The molecule has 0 aromatic rings. The van der Waals surface area contributed by atoms with E-state index in [2.05, 4.69) is 4.52 Å². The van der Waals surface area contributed by atoms with Gasteiger partial charge in [-0.2, -0.15) is 0 Å². The van der Waals surface area contributed by atoms with Gasteiger partial charge in [0.25, 0.3) is 0 Å². The number of hydrogen-bond donors (Lipinski definition) is 3. The fraction of sp³-hybridized carbons (Fsp3) is 0.600. The molecule has 0 saturated heterocycles. The van der Waals surface area contributed by atoms with Crippen molar-refractivity contribution in [1.29, 1.82) is 0 Å². The minimum Gasteiger partial charge on any atom is -0.548 e. The largest absolute Gasteiger partial charge is 1.00 e. The zero-order valence-electron chi connectivity index (χ0n) is 7.95. The SMILES string of the molecule is N[C@@H](CCC(=O)OP(=O)(O)O)C(=O)[O-].[Na+]. The Labute approximate surface area is 107 Å². The molecule has 15 heavy (non-hydrogen) atoms. The van der Waals surface area contributed by atoms with Crippen molar-refractivity contribution in [3.8, 4) is 0 Å². The van der Waals surface area contributed by atoms with Crippen molar-refractivity contribution in [1.82, 2.24) is 0 Å². The molecule has 0 aromatic carbocycles. The van der Waals surface area contributed by atoms with Gasteiger partial charge in [0, 0.05) is 12.5 Å². The molecule has 0 saturated carbocycles. The van der Waals surface area contributed by atoms with Crippen LogP contribution in [0.2, 0.25) is 0 Å². The van der Waals surface area contributed by atoms with Crippen molar-refractivity contribution in [2.45, 2.75) is 18.9 Å². The first-order valence-corrected chi connectivity index (χ1v) is 5.00. The first kappa shape index (κ1) is 17.4. The van der Waals surface area contributed by atoms with Gasteiger partial charge in [-0.1, -0.05) is 0 Å². The molecule has 0 aliphatic heterocycles. The molecular weight excluding hydrogens is 240 g/mol. The standard InChI is InChI=1S/C5H10NO7P.Na/c6-3(5(8)9)1-2-4(7)13-14(10,11)12;/h3H,1-2,6H2,(H,8,9)(H2,10,11,12);/q;+1/p-1/t3-;/m0./s1. The third-order valence-electron chi connectivity index (χ3n) is 1.18. The number of phosphoric ester groups is 1. The topological polar surface area (TPSA) is 150 Å². The summed E-state index contributed by atoms with van der Waals surface area (Å²) in [7, 11) is -4.86. The summed E-state index contributed by atoms with van der Waals surface area (Å²) in [5.41, 5.74) is 4.96. The van der Waals surface area contributed by atoms with Crippen LogP contribution in [0.3, 0.4) is 0 Å². The summed E-state index contributed by atoms with van der Waals surface area (Å²) in [4.78, 5) is 37.0. The Morgan fingerprint density at radius 3 is 2.27 bits per heavy atom. The number of carbonyl (C=O) groups is 2. The van der Waals surface area contributed by atoms with Crippen LogP contribution in [-0.2, 0) is 18.7 Å². The number of carboxylic acid groups (broad SMARTS) is 1. The minimum absolute atomic E-state index is 0. The second-order valence-electron chi connectivity index (χ2n) is 2.42. The summed E-state index contributed by atoms with van der Waals surface area (Å²) < 4.78 is 13.7. The fourth-order valence-corrected chi connectivity index (χ4v) is 0.926. The molecule has 10 heteroatoms. The molecule has 0 bridgehead atoms. The molecule has 0 radical (unpaired) electrons. The summed E-state index contributed by atoms with van der Waals surface area (Å²) in [5.74, 6) is -2.76. The monoisotopic (exact) mass is 249 g/mol. The zero-order valence-corrected chi connectivity index (χ0v) is 10.8. The van der Waals surface area contributed by atoms with Gasteiger partial charge in [0.1, 0.15) is 0 Å². The van der Waals surface area contributed by atoms with E-state index in [1.165, 1.54) is 0 Å². The van der Waals surface area contributed by atoms with E-state index >= 15 is 0 Å². The molecule has 0 spiro atoms. The summed E-state index contributed by atoms with van der Waals surface area (Å²) in [6.45, 7) is 0. The zero-order chi connectivity index (χ0) is 11.4. The predicted molar refractivity (Wildman–Crippen MR) is 40.4 cm³/mol. The van der Waals surface area contributed by atoms with Gasteiger partial charge < -0.3 is 20.2 Å². The second-order valence-corrected chi connectivity index (χ2v) is 3.58. The first-order valence-electron chi connectivity index (χ1n) is 3.47. The maximum atomic E-state index is 10.6. The molecule has 4 N–H and O–H groups in total. The molecule has 0 amide bonds. The van der Waals surface area contributed by atoms with Gasteiger partial charge in [0.2, 0.25) is 0 Å². The van der Waals surface area contributed by atoms with Crippen molar-refractivity contribution >= 4 is 19.8 Å². The van der Waals surface area contributed by atoms with Crippen LogP contribution >= 0.6 is 7.82 Å². The molecule has 0 heterocycles. The van der Waals surface area contributed by atoms with Crippen LogP contribution in [0.15, 0.2) is 0 Å². The number of hydrogen-bond acceptors (Lipinski definition) is 6. The van der Waals surface area contributed by atoms with Gasteiger partial charge in [-0.05, 0) is 6.42 Å². The molecule has 0 unspecified atom stereocenters. The van der Waals surface area contributed by atoms with Crippen LogP contribution in [0.4, 0.5) is 0 Å². The van der Waals surface area contributed by atoms with E-state index in [4.69, 9.17) is 15.5 Å². The van der Waals surface area contributed by atoms with Crippen molar-refractivity contribution in [2.24, 2.45) is 5.73 Å². The van der Waals surface area contributed by atoms with Crippen molar-refractivity contribution in [3.63, 3.8) is 0 Å². The molecular formula is C5H9NNaO7P. The fourth-order valence-electron chi connectivity index (χ4n) is 0.569. The van der Waals surface area contributed by atoms with Crippen LogP contribution in [0.25, 0.3) is 0 Å². The quantitative estimate of drug-likeness (QED) is 0.322. The number of aliphatic carboxylic acids is 1. The van der Waals surface area contributed by atoms with Crippen LogP contribution in [0.5, 0.6) is 0 Å². The molecule has 0 fully saturated rings. The number of carbonyl (C=O) groups excluding carboxylic acids is 2. The number of phosphoric acid groups is 1. The Morgan fingerprint density at radius 2 is 1.93 bits per heavy atom. The van der Waals surface area contributed by atoms with E-state index in [1.807, 2.05) is 0 Å². The smallest absolute Gasteiger partial charge is 0.548 e. The van der Waals surface area contributed by atoms with Crippen LogP contribution in [-0.4, -0.2) is 27.8 Å². The van der Waals surface area contributed by atoms with Gasteiger partial charge in [0.15, 0.2) is 0 Å². The predicted octanol–water partition coefficient (Wildman–Crippen LogP) is -5.52. The molecule has 0 aliphatic carbocycles. The van der Waals surface area contributed by atoms with Crippen LogP contribution < -0.4 is 40.4 Å². The van der Waals surface area contributed by atoms with E-state index in [9.17, 15) is 19.3 Å². The molecule has 8 nitrogen and oxygen atoms in total. The van der Waals surface area contributed by atoms with E-state index in [0.29, 0.717) is 0 Å². The summed E-state index contributed by atoms with van der Waals surface area (Å²) in [6, 6.07) is -1.36. The summed E-state index contributed by atoms with van der Waals surface area (Å²) >= 11 is 0. The van der Waals surface area contributed by atoms with E-state index in [0.717, 1.165) is 0 Å². The van der Waals surface area contributed by atoms with Gasteiger partial charge in [-0.15, -0.1) is 0 Å². The molecule has 0 rings (SSSR count). The Balaban J connectivity index is 0. The molecule has 1 atom stereocenters. The number of carboxylic acids is 1. The normalized spacial score (nSPS) is 12.5. The Hall–Kier alpha value is 0.0500. The van der Waals surface area contributed by atoms with Gasteiger partial charge in [0.05, 0.1) is 5.97 Å². The van der Waals surface area contributed by atoms with Crippen molar-refractivity contribution in [3.05, 3.63) is 0 Å². The van der Waals surface area contributed by atoms with Crippen LogP contribution in [0.1, 0.15) is 12.8 Å². The van der Waals surface area contributed by atoms with Gasteiger partial charge in [-0.25, -0.2) is 4.57 Å². The first-order chi connectivity index (χ1) is 6.22. The maximum absolute atomic E-state index is 10.6. The summed E-state index contributed by atoms with van der Waals surface area (Å²) in [5, 5.41) is 10.1. The average Bonchev–Trinajstić information content (AvgIpc) is 1.96. The van der Waals surface area contributed by atoms with Crippen molar-refractivity contribution < 1.29 is 63.1 Å². The van der Waals surface area contributed by atoms with Crippen LogP contribution in [0, 0.1) is 0 Å². The Morgan fingerprint density at radius 1 is 1.47 bits per heavy atom. The minimum atomic E-state index is -4.86. The third kappa shape index (κ3) is 10.3.